The molecule has 4 rings (SSSR count). The largest absolute Gasteiger partial charge is 0.384 e. The summed E-state index contributed by atoms with van der Waals surface area (Å²) < 4.78 is 13.1. The average molecular weight is 321 g/mol. The zero-order valence-corrected chi connectivity index (χ0v) is 13.0. The highest BCUT2D eigenvalue weighted by atomic mass is 19.1. The van der Waals surface area contributed by atoms with E-state index in [2.05, 4.69) is 25.9 Å². The van der Waals surface area contributed by atoms with Crippen LogP contribution in [0.3, 0.4) is 0 Å². The first-order chi connectivity index (χ1) is 11.7. The Kier molecular flexibility index (Phi) is 3.57. The molecule has 120 valence electrons. The van der Waals surface area contributed by atoms with Crippen molar-refractivity contribution in [2.45, 2.75) is 6.42 Å². The van der Waals surface area contributed by atoms with Crippen LogP contribution < -0.4 is 10.6 Å². The molecule has 24 heavy (non-hydrogen) atoms. The second kappa shape index (κ2) is 5.88. The maximum atomic E-state index is 13.1. The van der Waals surface area contributed by atoms with Gasteiger partial charge in [-0.1, -0.05) is 18.2 Å². The Morgan fingerprint density at radius 1 is 1.04 bits per heavy atom. The second-order valence-electron chi connectivity index (χ2n) is 5.74. The van der Waals surface area contributed by atoms with Crippen molar-refractivity contribution in [2.24, 2.45) is 0 Å². The molecule has 2 aromatic heterocycles. The van der Waals surface area contributed by atoms with E-state index in [1.54, 1.807) is 6.07 Å². The topological polar surface area (TPSA) is 67.9 Å². The van der Waals surface area contributed by atoms with Crippen LogP contribution in [0.25, 0.3) is 16.6 Å². The number of aromatic nitrogens is 3. The summed E-state index contributed by atoms with van der Waals surface area (Å²) in [5.41, 5.74) is 8.63. The van der Waals surface area contributed by atoms with Gasteiger partial charge in [-0.15, -0.1) is 0 Å². The van der Waals surface area contributed by atoms with Crippen LogP contribution in [0.4, 0.5) is 16.0 Å². The van der Waals surface area contributed by atoms with Crippen LogP contribution in [0.1, 0.15) is 12.0 Å². The smallest absolute Gasteiger partial charge is 0.166 e. The number of rotatable bonds is 2. The molecule has 0 bridgehead atoms. The summed E-state index contributed by atoms with van der Waals surface area (Å²) in [6.45, 7) is 1.57. The number of pyridine rings is 1. The Bertz CT molecular complexity index is 920. The van der Waals surface area contributed by atoms with Crippen LogP contribution in [0.15, 0.2) is 48.8 Å². The minimum Gasteiger partial charge on any atom is -0.384 e. The molecular weight excluding hydrogens is 305 g/mol. The number of nitrogen functional groups attached to an aromatic ring is 1. The van der Waals surface area contributed by atoms with Crippen molar-refractivity contribution in [3.05, 3.63) is 60.2 Å². The zero-order chi connectivity index (χ0) is 16.5. The highest BCUT2D eigenvalue weighted by Crippen LogP contribution is 2.28. The normalized spacial score (nSPS) is 14.7. The zero-order valence-electron chi connectivity index (χ0n) is 13.0. The lowest BCUT2D eigenvalue weighted by molar-refractivity contribution is 0.627. The van der Waals surface area contributed by atoms with E-state index in [0.717, 1.165) is 36.3 Å². The lowest BCUT2D eigenvalue weighted by Gasteiger charge is -2.28. The molecule has 1 aliphatic heterocycles. The van der Waals surface area contributed by atoms with Crippen molar-refractivity contribution in [3.63, 3.8) is 0 Å². The van der Waals surface area contributed by atoms with Gasteiger partial charge in [-0.05, 0) is 41.8 Å². The molecule has 1 aromatic carbocycles. The maximum Gasteiger partial charge on any atom is 0.166 e. The Morgan fingerprint density at radius 2 is 1.88 bits per heavy atom. The lowest BCUT2D eigenvalue weighted by Crippen LogP contribution is -2.29. The van der Waals surface area contributed by atoms with E-state index in [1.807, 2.05) is 18.2 Å². The molecule has 0 spiro atoms. The fourth-order valence-electron chi connectivity index (χ4n) is 2.98. The van der Waals surface area contributed by atoms with E-state index < -0.39 is 0 Å². The molecule has 5 nitrogen and oxygen atoms in total. The molecule has 3 heterocycles. The van der Waals surface area contributed by atoms with Crippen molar-refractivity contribution < 1.29 is 4.39 Å². The Balaban J connectivity index is 1.63. The van der Waals surface area contributed by atoms with Crippen molar-refractivity contribution >= 4 is 28.2 Å². The van der Waals surface area contributed by atoms with E-state index >= 15 is 0 Å². The predicted molar refractivity (Wildman–Crippen MR) is 93.0 cm³/mol. The molecule has 3 aromatic rings. The van der Waals surface area contributed by atoms with Crippen LogP contribution >= 0.6 is 0 Å². The van der Waals surface area contributed by atoms with Gasteiger partial charge in [0.25, 0.3) is 0 Å². The molecule has 2 N–H and O–H groups in total. The Hall–Kier alpha value is -3.02. The summed E-state index contributed by atoms with van der Waals surface area (Å²) in [6, 6.07) is 10.3. The Morgan fingerprint density at radius 3 is 2.62 bits per heavy atom. The number of hydrogen-bond acceptors (Lipinski definition) is 5. The first-order valence-electron chi connectivity index (χ1n) is 7.78. The van der Waals surface area contributed by atoms with Crippen LogP contribution in [0.5, 0.6) is 0 Å². The van der Waals surface area contributed by atoms with Gasteiger partial charge in [0.2, 0.25) is 0 Å². The number of fused-ring (bicyclic) bond motifs is 1. The summed E-state index contributed by atoms with van der Waals surface area (Å²) in [5, 5.41) is 0.894. The molecule has 0 unspecified atom stereocenters. The third-order valence-corrected chi connectivity index (χ3v) is 4.22. The van der Waals surface area contributed by atoms with E-state index in [9.17, 15) is 4.39 Å². The van der Waals surface area contributed by atoms with Gasteiger partial charge >= 0.3 is 0 Å². The fourth-order valence-corrected chi connectivity index (χ4v) is 2.98. The number of hydrogen-bond donors (Lipinski definition) is 1. The molecule has 0 amide bonds. The van der Waals surface area contributed by atoms with Gasteiger partial charge in [-0.3, -0.25) is 0 Å². The van der Waals surface area contributed by atoms with Crippen LogP contribution in [-0.2, 0) is 0 Å². The third kappa shape index (κ3) is 2.67. The second-order valence-corrected chi connectivity index (χ2v) is 5.74. The van der Waals surface area contributed by atoms with Gasteiger partial charge < -0.3 is 10.6 Å². The minimum atomic E-state index is -0.212. The van der Waals surface area contributed by atoms with Crippen LogP contribution in [0, 0.1) is 5.82 Å². The number of benzene rings is 1. The predicted octanol–water partition coefficient (Wildman–Crippen LogP) is 3.04. The summed E-state index contributed by atoms with van der Waals surface area (Å²) >= 11 is 0. The van der Waals surface area contributed by atoms with E-state index in [1.165, 1.54) is 24.0 Å². The van der Waals surface area contributed by atoms with Crippen molar-refractivity contribution in [1.82, 2.24) is 15.0 Å². The van der Waals surface area contributed by atoms with Gasteiger partial charge in [0.1, 0.15) is 23.8 Å². The first kappa shape index (κ1) is 14.6. The molecule has 1 aliphatic rings. The summed E-state index contributed by atoms with van der Waals surface area (Å²) in [7, 11) is 0. The molecule has 0 radical (unpaired) electrons. The molecular formula is C18H16FN5. The van der Waals surface area contributed by atoms with E-state index in [-0.39, 0.29) is 5.82 Å². The maximum absolute atomic E-state index is 13.1. The molecule has 0 aliphatic carbocycles. The highest BCUT2D eigenvalue weighted by molar-refractivity contribution is 5.88. The number of nitrogens with two attached hydrogens (primary N) is 1. The summed E-state index contributed by atoms with van der Waals surface area (Å²) in [5.74, 6) is 1.10. The highest BCUT2D eigenvalue weighted by Gasteiger charge is 2.17. The third-order valence-electron chi connectivity index (χ3n) is 4.22. The molecule has 0 atom stereocenters. The molecule has 0 saturated carbocycles. The van der Waals surface area contributed by atoms with Crippen LogP contribution in [-0.4, -0.2) is 28.0 Å². The average Bonchev–Trinajstić information content (AvgIpc) is 2.62. The Labute approximate surface area is 138 Å². The van der Waals surface area contributed by atoms with Gasteiger partial charge in [-0.25, -0.2) is 19.3 Å². The first-order valence-corrected chi connectivity index (χ1v) is 7.78. The van der Waals surface area contributed by atoms with Gasteiger partial charge in [-0.2, -0.15) is 0 Å². The number of halogens is 1. The molecule has 0 saturated heterocycles. The lowest BCUT2D eigenvalue weighted by atomic mass is 9.99. The SMILES string of the molecule is Nc1ccc2c(N3CC=C(c4ccc(F)cc4)CC3)ncnc2n1. The van der Waals surface area contributed by atoms with E-state index in [0.29, 0.717) is 11.5 Å². The van der Waals surface area contributed by atoms with Crippen molar-refractivity contribution in [1.29, 1.82) is 0 Å². The standard InChI is InChI=1S/C18H16FN5/c19-14-3-1-12(2-4-14)13-7-9-24(10-8-13)18-15-5-6-16(20)23-17(15)21-11-22-18/h1-7,11H,8-10H2,(H2,20,21,22,23). The van der Waals surface area contributed by atoms with Gasteiger partial charge in [0.15, 0.2) is 5.65 Å². The number of anilines is 2. The van der Waals surface area contributed by atoms with Crippen molar-refractivity contribution in [3.8, 4) is 0 Å². The molecule has 0 fully saturated rings. The summed E-state index contributed by atoms with van der Waals surface area (Å²) in [4.78, 5) is 15.1. The van der Waals surface area contributed by atoms with E-state index in [4.69, 9.17) is 5.73 Å². The van der Waals surface area contributed by atoms with Gasteiger partial charge in [0.05, 0.1) is 5.39 Å². The minimum absolute atomic E-state index is 0.212. The molecule has 6 heteroatoms. The number of nitrogens with zero attached hydrogens (tertiary/aromatic N) is 4. The van der Waals surface area contributed by atoms with Gasteiger partial charge in [0, 0.05) is 13.1 Å². The monoisotopic (exact) mass is 321 g/mol. The summed E-state index contributed by atoms with van der Waals surface area (Å²) in [6.07, 6.45) is 4.55. The fraction of sp³-hybridized carbons (Fsp3) is 0.167. The van der Waals surface area contributed by atoms with Crippen LogP contribution in [0.2, 0.25) is 0 Å². The van der Waals surface area contributed by atoms with Crippen molar-refractivity contribution in [2.75, 3.05) is 23.7 Å². The quantitative estimate of drug-likeness (QED) is 0.786.